The van der Waals surface area contributed by atoms with Crippen molar-refractivity contribution in [2.75, 3.05) is 24.8 Å². The predicted molar refractivity (Wildman–Crippen MR) is 147 cm³/mol. The average molecular weight is 555 g/mol. The molecule has 11 heteroatoms. The van der Waals surface area contributed by atoms with Crippen LogP contribution >= 0.6 is 34.4 Å². The summed E-state index contributed by atoms with van der Waals surface area (Å²) < 4.78 is 12.9. The van der Waals surface area contributed by atoms with Gasteiger partial charge >= 0.3 is 5.97 Å². The fourth-order valence-corrected chi connectivity index (χ4v) is 6.57. The third kappa shape index (κ3) is 5.80. The van der Waals surface area contributed by atoms with Crippen molar-refractivity contribution >= 4 is 51.3 Å². The summed E-state index contributed by atoms with van der Waals surface area (Å²) in [7, 11) is 1.34. The Morgan fingerprint density at radius 3 is 2.76 bits per heavy atom. The second-order valence-electron chi connectivity index (χ2n) is 8.58. The summed E-state index contributed by atoms with van der Waals surface area (Å²) in [4.78, 5) is 26.6. The quantitative estimate of drug-likeness (QED) is 0.208. The number of ether oxygens (including phenoxy) is 2. The normalized spacial score (nSPS) is 15.1. The molecule has 0 radical (unpaired) electrons. The van der Waals surface area contributed by atoms with Gasteiger partial charge in [-0.15, -0.1) is 32.9 Å². The number of hydrogen-bond acceptors (Lipinski definition) is 9. The molecule has 1 unspecified atom stereocenters. The molecule has 3 aromatic heterocycles. The highest BCUT2D eigenvalue weighted by Crippen LogP contribution is 2.36. The van der Waals surface area contributed by atoms with E-state index in [1.54, 1.807) is 11.3 Å². The first-order chi connectivity index (χ1) is 18.0. The van der Waals surface area contributed by atoms with Gasteiger partial charge in [0.25, 0.3) is 0 Å². The zero-order chi connectivity index (χ0) is 25.8. The first-order valence-corrected chi connectivity index (χ1v) is 14.6. The van der Waals surface area contributed by atoms with Crippen molar-refractivity contribution in [3.05, 3.63) is 58.3 Å². The van der Waals surface area contributed by atoms with Crippen LogP contribution in [0.15, 0.2) is 52.3 Å². The third-order valence-electron chi connectivity index (χ3n) is 6.00. The molecule has 1 amide bonds. The van der Waals surface area contributed by atoms with Crippen LogP contribution in [0.5, 0.6) is 0 Å². The Kier molecular flexibility index (Phi) is 8.04. The molecule has 1 saturated heterocycles. The summed E-state index contributed by atoms with van der Waals surface area (Å²) in [5.74, 6) is 0.169. The maximum Gasteiger partial charge on any atom is 0.341 e. The van der Waals surface area contributed by atoms with Crippen LogP contribution in [0.3, 0.4) is 0 Å². The van der Waals surface area contributed by atoms with E-state index in [4.69, 9.17) is 9.47 Å². The number of rotatable bonds is 9. The molecule has 4 heterocycles. The molecule has 1 aliphatic rings. The van der Waals surface area contributed by atoms with E-state index in [-0.39, 0.29) is 17.8 Å². The predicted octanol–water partition coefficient (Wildman–Crippen LogP) is 5.74. The summed E-state index contributed by atoms with van der Waals surface area (Å²) in [6, 6.07) is 11.9. The summed E-state index contributed by atoms with van der Waals surface area (Å²) >= 11 is 4.22. The van der Waals surface area contributed by atoms with Gasteiger partial charge in [-0.25, -0.2) is 4.79 Å². The molecule has 0 aliphatic carbocycles. The van der Waals surface area contributed by atoms with Crippen LogP contribution in [0.2, 0.25) is 0 Å². The number of carbonyl (C=O) groups is 2. The number of methoxy groups -OCH3 is 1. The Morgan fingerprint density at radius 1 is 1.22 bits per heavy atom. The number of amides is 1. The topological polar surface area (TPSA) is 95.3 Å². The van der Waals surface area contributed by atoms with Crippen LogP contribution < -0.4 is 5.32 Å². The van der Waals surface area contributed by atoms with E-state index < -0.39 is 5.97 Å². The van der Waals surface area contributed by atoms with Crippen molar-refractivity contribution in [3.8, 4) is 21.8 Å². The van der Waals surface area contributed by atoms with Crippen LogP contribution in [0.1, 0.15) is 28.8 Å². The molecule has 8 nitrogen and oxygen atoms in total. The molecule has 1 atom stereocenters. The van der Waals surface area contributed by atoms with E-state index in [1.807, 2.05) is 58.6 Å². The number of thioether (sulfide) groups is 1. The average Bonchev–Trinajstić information content (AvgIpc) is 3.71. The lowest BCUT2D eigenvalue weighted by Crippen LogP contribution is -2.18. The van der Waals surface area contributed by atoms with E-state index in [1.165, 1.54) is 30.2 Å². The Balaban J connectivity index is 1.32. The number of esters is 1. The van der Waals surface area contributed by atoms with Crippen LogP contribution in [0.25, 0.3) is 21.8 Å². The molecule has 5 rings (SSSR count). The van der Waals surface area contributed by atoms with Crippen molar-refractivity contribution in [2.24, 2.45) is 0 Å². The Hall–Kier alpha value is -2.99. The standard InChI is InChI=1S/C26H26N4O4S3/c1-16-7-9-17(10-8-16)19-14-36-24(22(19)25(32)33-2)27-21(31)15-37-26-29-28-23(20-6-4-12-35-20)30(26)13-18-5-3-11-34-18/h4,6-10,12,14,18H,3,5,11,13,15H2,1-2H3,(H,27,31). The minimum absolute atomic E-state index is 0.108. The molecule has 192 valence electrons. The van der Waals surface area contributed by atoms with E-state index in [2.05, 4.69) is 15.5 Å². The molecule has 1 aliphatic heterocycles. The summed E-state index contributed by atoms with van der Waals surface area (Å²) in [5, 5.41) is 16.7. The van der Waals surface area contributed by atoms with Crippen LogP contribution in [-0.2, 0) is 20.8 Å². The smallest absolute Gasteiger partial charge is 0.341 e. The highest BCUT2D eigenvalue weighted by molar-refractivity contribution is 7.99. The largest absolute Gasteiger partial charge is 0.465 e. The molecule has 1 aromatic carbocycles. The first kappa shape index (κ1) is 25.7. The number of aromatic nitrogens is 3. The van der Waals surface area contributed by atoms with E-state index in [0.717, 1.165) is 46.8 Å². The van der Waals surface area contributed by atoms with Crippen LogP contribution in [-0.4, -0.2) is 52.2 Å². The maximum absolute atomic E-state index is 13.0. The Labute approximate surface area is 227 Å². The van der Waals surface area contributed by atoms with Crippen molar-refractivity contribution < 1.29 is 19.1 Å². The zero-order valence-electron chi connectivity index (χ0n) is 20.4. The number of nitrogens with one attached hydrogen (secondary N) is 1. The SMILES string of the molecule is COC(=O)c1c(-c2ccc(C)cc2)csc1NC(=O)CSc1nnc(-c2cccs2)n1CC1CCCO1. The van der Waals surface area contributed by atoms with Gasteiger partial charge in [-0.1, -0.05) is 47.7 Å². The maximum atomic E-state index is 13.0. The zero-order valence-corrected chi connectivity index (χ0v) is 22.9. The number of carbonyl (C=O) groups excluding carboxylic acids is 2. The summed E-state index contributed by atoms with van der Waals surface area (Å²) in [6.07, 6.45) is 2.14. The van der Waals surface area contributed by atoms with Gasteiger partial charge in [0.1, 0.15) is 10.6 Å². The highest BCUT2D eigenvalue weighted by atomic mass is 32.2. The Bertz CT molecular complexity index is 1370. The molecule has 0 bridgehead atoms. The van der Waals surface area contributed by atoms with Gasteiger partial charge in [-0.2, -0.15) is 0 Å². The third-order valence-corrected chi connectivity index (χ3v) is 8.73. The molecule has 4 aromatic rings. The lowest BCUT2D eigenvalue weighted by molar-refractivity contribution is -0.113. The number of hydrogen-bond donors (Lipinski definition) is 1. The van der Waals surface area contributed by atoms with Crippen molar-refractivity contribution in [1.82, 2.24) is 14.8 Å². The first-order valence-electron chi connectivity index (χ1n) is 11.8. The minimum atomic E-state index is -0.489. The second kappa shape index (κ2) is 11.6. The van der Waals surface area contributed by atoms with Crippen molar-refractivity contribution in [2.45, 2.75) is 37.6 Å². The van der Waals surface area contributed by atoms with Crippen LogP contribution in [0, 0.1) is 6.92 Å². The molecular formula is C26H26N4O4S3. The monoisotopic (exact) mass is 554 g/mol. The lowest BCUT2D eigenvalue weighted by atomic mass is 10.0. The number of anilines is 1. The molecule has 1 fully saturated rings. The molecule has 37 heavy (non-hydrogen) atoms. The fourth-order valence-electron chi connectivity index (χ4n) is 4.13. The number of aryl methyl sites for hydroxylation is 1. The van der Waals surface area contributed by atoms with Gasteiger partial charge < -0.3 is 14.8 Å². The molecular weight excluding hydrogens is 529 g/mol. The van der Waals surface area contributed by atoms with E-state index in [0.29, 0.717) is 22.3 Å². The minimum Gasteiger partial charge on any atom is -0.465 e. The lowest BCUT2D eigenvalue weighted by Gasteiger charge is -2.14. The van der Waals surface area contributed by atoms with Gasteiger partial charge in [0.15, 0.2) is 11.0 Å². The number of thiophene rings is 2. The molecule has 0 spiro atoms. The van der Waals surface area contributed by atoms with Gasteiger partial charge in [0.05, 0.1) is 30.4 Å². The molecule has 0 saturated carbocycles. The molecule has 1 N–H and O–H groups in total. The summed E-state index contributed by atoms with van der Waals surface area (Å²) in [6.45, 7) is 3.41. The van der Waals surface area contributed by atoms with Gasteiger partial charge in [-0.05, 0) is 36.8 Å². The highest BCUT2D eigenvalue weighted by Gasteiger charge is 2.25. The van der Waals surface area contributed by atoms with Crippen LogP contribution in [0.4, 0.5) is 5.00 Å². The van der Waals surface area contributed by atoms with Gasteiger partial charge in [-0.3, -0.25) is 9.36 Å². The summed E-state index contributed by atoms with van der Waals surface area (Å²) in [5.41, 5.74) is 3.10. The Morgan fingerprint density at radius 2 is 2.05 bits per heavy atom. The van der Waals surface area contributed by atoms with Crippen molar-refractivity contribution in [3.63, 3.8) is 0 Å². The second-order valence-corrected chi connectivity index (χ2v) is 11.3. The van der Waals surface area contributed by atoms with Gasteiger partial charge in [0.2, 0.25) is 5.91 Å². The van der Waals surface area contributed by atoms with E-state index in [9.17, 15) is 9.59 Å². The fraction of sp³-hybridized carbons (Fsp3) is 0.308. The number of benzene rings is 1. The van der Waals surface area contributed by atoms with Crippen molar-refractivity contribution in [1.29, 1.82) is 0 Å². The number of nitrogens with zero attached hydrogens (tertiary/aromatic N) is 3. The van der Waals surface area contributed by atoms with E-state index >= 15 is 0 Å². The van der Waals surface area contributed by atoms with Gasteiger partial charge in [0, 0.05) is 17.6 Å².